The standard InChI is InChI=1S/C15H23Cl2N3/c1-19-5-3-14(4-6-19)20(2)15(10-18)11-7-12(16)9-13(17)8-11/h7-9,14-15H,3-6,10,18H2,1-2H3. The van der Waals surface area contributed by atoms with E-state index in [9.17, 15) is 0 Å². The van der Waals surface area contributed by atoms with Crippen LogP contribution in [0.1, 0.15) is 24.4 Å². The Morgan fingerprint density at radius 3 is 2.30 bits per heavy atom. The Balaban J connectivity index is 2.14. The molecule has 1 aromatic carbocycles. The second-order valence-electron chi connectivity index (χ2n) is 5.65. The quantitative estimate of drug-likeness (QED) is 0.927. The lowest BCUT2D eigenvalue weighted by Crippen LogP contribution is -2.45. The highest BCUT2D eigenvalue weighted by atomic mass is 35.5. The fraction of sp³-hybridized carbons (Fsp3) is 0.600. The van der Waals surface area contributed by atoms with Crippen molar-refractivity contribution in [3.8, 4) is 0 Å². The Morgan fingerprint density at radius 1 is 1.25 bits per heavy atom. The average molecular weight is 316 g/mol. The van der Waals surface area contributed by atoms with Gasteiger partial charge in [-0.25, -0.2) is 0 Å². The van der Waals surface area contributed by atoms with Crippen molar-refractivity contribution in [3.63, 3.8) is 0 Å². The van der Waals surface area contributed by atoms with E-state index in [4.69, 9.17) is 28.9 Å². The summed E-state index contributed by atoms with van der Waals surface area (Å²) in [5.74, 6) is 0. The molecule has 3 nitrogen and oxygen atoms in total. The molecule has 0 aliphatic carbocycles. The molecule has 1 fully saturated rings. The van der Waals surface area contributed by atoms with Crippen molar-refractivity contribution in [2.24, 2.45) is 5.73 Å². The highest BCUT2D eigenvalue weighted by molar-refractivity contribution is 6.34. The highest BCUT2D eigenvalue weighted by Crippen LogP contribution is 2.29. The summed E-state index contributed by atoms with van der Waals surface area (Å²) >= 11 is 12.2. The summed E-state index contributed by atoms with van der Waals surface area (Å²) in [7, 11) is 4.33. The van der Waals surface area contributed by atoms with Crippen molar-refractivity contribution in [3.05, 3.63) is 33.8 Å². The number of likely N-dealkylation sites (N-methyl/N-ethyl adjacent to an activating group) is 1. The SMILES string of the molecule is CN1CCC(N(C)C(CN)c2cc(Cl)cc(Cl)c2)CC1. The van der Waals surface area contributed by atoms with Crippen LogP contribution >= 0.6 is 23.2 Å². The van der Waals surface area contributed by atoms with Crippen LogP contribution in [0.4, 0.5) is 0 Å². The van der Waals surface area contributed by atoms with Gasteiger partial charge in [0.25, 0.3) is 0 Å². The topological polar surface area (TPSA) is 32.5 Å². The van der Waals surface area contributed by atoms with Gasteiger partial charge in [-0.15, -0.1) is 0 Å². The van der Waals surface area contributed by atoms with Crippen LogP contribution in [-0.4, -0.2) is 49.6 Å². The van der Waals surface area contributed by atoms with Gasteiger partial charge in [0.2, 0.25) is 0 Å². The van der Waals surface area contributed by atoms with Crippen LogP contribution in [-0.2, 0) is 0 Å². The number of halogens is 2. The molecule has 1 unspecified atom stereocenters. The normalized spacial score (nSPS) is 19.5. The molecule has 0 bridgehead atoms. The number of nitrogens with two attached hydrogens (primary N) is 1. The average Bonchev–Trinajstić information content (AvgIpc) is 2.39. The minimum Gasteiger partial charge on any atom is -0.329 e. The van der Waals surface area contributed by atoms with Gasteiger partial charge in [0.15, 0.2) is 0 Å². The lowest BCUT2D eigenvalue weighted by atomic mass is 9.98. The Labute approximate surface area is 131 Å². The lowest BCUT2D eigenvalue weighted by Gasteiger charge is -2.39. The van der Waals surface area contributed by atoms with Gasteiger partial charge in [-0.05, 0) is 63.8 Å². The fourth-order valence-electron chi connectivity index (χ4n) is 2.96. The minimum atomic E-state index is 0.166. The summed E-state index contributed by atoms with van der Waals surface area (Å²) in [6, 6.07) is 6.43. The van der Waals surface area contributed by atoms with Crippen LogP contribution in [0, 0.1) is 0 Å². The van der Waals surface area contributed by atoms with Crippen molar-refractivity contribution < 1.29 is 0 Å². The smallest absolute Gasteiger partial charge is 0.0471 e. The molecule has 0 saturated carbocycles. The number of rotatable bonds is 4. The zero-order chi connectivity index (χ0) is 14.7. The third kappa shape index (κ3) is 3.86. The minimum absolute atomic E-state index is 0.166. The van der Waals surface area contributed by atoms with Crippen LogP contribution in [0.3, 0.4) is 0 Å². The number of hydrogen-bond donors (Lipinski definition) is 1. The number of hydrogen-bond acceptors (Lipinski definition) is 3. The van der Waals surface area contributed by atoms with E-state index in [0.29, 0.717) is 22.6 Å². The first kappa shape index (κ1) is 16.1. The highest BCUT2D eigenvalue weighted by Gasteiger charge is 2.26. The van der Waals surface area contributed by atoms with Crippen molar-refractivity contribution in [1.82, 2.24) is 9.80 Å². The molecule has 0 radical (unpaired) electrons. The van der Waals surface area contributed by atoms with E-state index in [1.807, 2.05) is 12.1 Å². The molecule has 112 valence electrons. The van der Waals surface area contributed by atoms with E-state index in [-0.39, 0.29) is 6.04 Å². The molecule has 5 heteroatoms. The van der Waals surface area contributed by atoms with Gasteiger partial charge in [0, 0.05) is 28.7 Å². The van der Waals surface area contributed by atoms with Crippen LogP contribution in [0.15, 0.2) is 18.2 Å². The summed E-state index contributed by atoms with van der Waals surface area (Å²) in [6.45, 7) is 2.85. The van der Waals surface area contributed by atoms with Gasteiger partial charge in [0.05, 0.1) is 0 Å². The molecule has 0 spiro atoms. The molecule has 1 atom stereocenters. The lowest BCUT2D eigenvalue weighted by molar-refractivity contribution is 0.109. The van der Waals surface area contributed by atoms with Gasteiger partial charge >= 0.3 is 0 Å². The third-order valence-electron chi connectivity index (χ3n) is 4.25. The monoisotopic (exact) mass is 315 g/mol. The Morgan fingerprint density at radius 2 is 1.80 bits per heavy atom. The molecule has 20 heavy (non-hydrogen) atoms. The van der Waals surface area contributed by atoms with E-state index in [1.54, 1.807) is 6.07 Å². The molecule has 1 aromatic rings. The van der Waals surface area contributed by atoms with Gasteiger partial charge in [-0.2, -0.15) is 0 Å². The van der Waals surface area contributed by atoms with Crippen LogP contribution < -0.4 is 5.73 Å². The van der Waals surface area contributed by atoms with Crippen molar-refractivity contribution in [2.75, 3.05) is 33.7 Å². The molecule has 1 heterocycles. The second-order valence-corrected chi connectivity index (χ2v) is 6.53. The zero-order valence-corrected chi connectivity index (χ0v) is 13.7. The van der Waals surface area contributed by atoms with Gasteiger partial charge < -0.3 is 10.6 Å². The molecular formula is C15H23Cl2N3. The molecule has 2 rings (SSSR count). The maximum Gasteiger partial charge on any atom is 0.0471 e. The van der Waals surface area contributed by atoms with E-state index in [1.165, 1.54) is 12.8 Å². The maximum atomic E-state index is 6.11. The molecule has 2 N–H and O–H groups in total. The van der Waals surface area contributed by atoms with Gasteiger partial charge in [-0.1, -0.05) is 23.2 Å². The summed E-state index contributed by atoms with van der Waals surface area (Å²) in [5.41, 5.74) is 7.10. The summed E-state index contributed by atoms with van der Waals surface area (Å²) < 4.78 is 0. The first-order valence-corrected chi connectivity index (χ1v) is 7.83. The largest absolute Gasteiger partial charge is 0.329 e. The molecule has 1 aliphatic rings. The van der Waals surface area contributed by atoms with E-state index in [2.05, 4.69) is 23.9 Å². The summed E-state index contributed by atoms with van der Waals surface area (Å²) in [5, 5.41) is 1.34. The van der Waals surface area contributed by atoms with Crippen LogP contribution in [0.5, 0.6) is 0 Å². The van der Waals surface area contributed by atoms with E-state index in [0.717, 1.165) is 18.7 Å². The molecule has 0 aromatic heterocycles. The molecule has 1 aliphatic heterocycles. The Hall–Kier alpha value is -0.320. The Bertz CT molecular complexity index is 424. The number of nitrogens with zero attached hydrogens (tertiary/aromatic N) is 2. The van der Waals surface area contributed by atoms with Gasteiger partial charge in [-0.3, -0.25) is 4.90 Å². The van der Waals surface area contributed by atoms with E-state index < -0.39 is 0 Å². The van der Waals surface area contributed by atoms with Crippen LogP contribution in [0.2, 0.25) is 10.0 Å². The predicted molar refractivity (Wildman–Crippen MR) is 86.5 cm³/mol. The van der Waals surface area contributed by atoms with Crippen molar-refractivity contribution >= 4 is 23.2 Å². The second kappa shape index (κ2) is 7.10. The summed E-state index contributed by atoms with van der Waals surface area (Å²) in [4.78, 5) is 4.76. The maximum absolute atomic E-state index is 6.11. The fourth-order valence-corrected chi connectivity index (χ4v) is 3.50. The number of benzene rings is 1. The van der Waals surface area contributed by atoms with Crippen LogP contribution in [0.25, 0.3) is 0 Å². The first-order valence-electron chi connectivity index (χ1n) is 7.07. The van der Waals surface area contributed by atoms with Crippen molar-refractivity contribution in [1.29, 1.82) is 0 Å². The molecule has 0 amide bonds. The predicted octanol–water partition coefficient (Wildman–Crippen LogP) is 3.02. The number of piperidine rings is 1. The number of likely N-dealkylation sites (tertiary alicyclic amines) is 1. The van der Waals surface area contributed by atoms with E-state index >= 15 is 0 Å². The third-order valence-corrected chi connectivity index (χ3v) is 4.69. The Kier molecular flexibility index (Phi) is 5.70. The first-order chi connectivity index (χ1) is 9.51. The zero-order valence-electron chi connectivity index (χ0n) is 12.1. The molecule has 1 saturated heterocycles. The summed E-state index contributed by atoms with van der Waals surface area (Å²) in [6.07, 6.45) is 2.36. The van der Waals surface area contributed by atoms with Crippen molar-refractivity contribution in [2.45, 2.75) is 24.9 Å². The van der Waals surface area contributed by atoms with Gasteiger partial charge in [0.1, 0.15) is 0 Å². The molecular weight excluding hydrogens is 293 g/mol.